The minimum atomic E-state index is -0.988. The lowest BCUT2D eigenvalue weighted by Gasteiger charge is -2.06. The molecule has 1 aromatic carbocycles. The third kappa shape index (κ3) is 1.98. The highest BCUT2D eigenvalue weighted by molar-refractivity contribution is 5.69. The molecule has 2 heterocycles. The van der Waals surface area contributed by atoms with Gasteiger partial charge in [-0.3, -0.25) is 13.9 Å². The molecule has 0 amide bonds. The maximum Gasteiger partial charge on any atom is 0.332 e. The lowest BCUT2D eigenvalue weighted by Crippen LogP contribution is -2.36. The summed E-state index contributed by atoms with van der Waals surface area (Å²) in [5, 5.41) is 10.3. The molecule has 7 heteroatoms. The first-order valence-electron chi connectivity index (χ1n) is 6.39. The van der Waals surface area contributed by atoms with Gasteiger partial charge in [0.1, 0.15) is 17.4 Å². The topological polar surface area (TPSA) is 92.9 Å². The van der Waals surface area contributed by atoms with Gasteiger partial charge in [-0.1, -0.05) is 30.3 Å². The average molecular weight is 286 g/mol. The van der Waals surface area contributed by atoms with Crippen LogP contribution in [-0.2, 0) is 14.1 Å². The Morgan fingerprint density at radius 2 is 1.81 bits per heavy atom. The number of aliphatic hydroxyl groups excluding tert-OH is 1. The van der Waals surface area contributed by atoms with Crippen molar-refractivity contribution in [1.82, 2.24) is 19.1 Å². The first kappa shape index (κ1) is 13.3. The Balaban J connectivity index is 2.23. The van der Waals surface area contributed by atoms with Crippen molar-refractivity contribution in [2.45, 2.75) is 6.10 Å². The Morgan fingerprint density at radius 3 is 2.48 bits per heavy atom. The lowest BCUT2D eigenvalue weighted by atomic mass is 10.1. The Hall–Kier alpha value is -2.67. The fraction of sp³-hybridized carbons (Fsp3) is 0.214. The second-order valence-electron chi connectivity index (χ2n) is 4.84. The predicted molar refractivity (Wildman–Crippen MR) is 77.1 cm³/mol. The Bertz CT molecular complexity index is 921. The monoisotopic (exact) mass is 286 g/mol. The van der Waals surface area contributed by atoms with E-state index in [1.54, 1.807) is 24.3 Å². The maximum absolute atomic E-state index is 12.1. The molecule has 0 aliphatic heterocycles. The highest BCUT2D eigenvalue weighted by Gasteiger charge is 2.18. The zero-order valence-electron chi connectivity index (χ0n) is 11.6. The number of aryl methyl sites for hydroxylation is 1. The molecule has 0 fully saturated rings. The van der Waals surface area contributed by atoms with Crippen LogP contribution in [0.15, 0.2) is 39.9 Å². The first-order valence-corrected chi connectivity index (χ1v) is 6.39. The van der Waals surface area contributed by atoms with E-state index in [-0.39, 0.29) is 17.0 Å². The largest absolute Gasteiger partial charge is 0.380 e. The molecule has 0 aliphatic rings. The van der Waals surface area contributed by atoms with Crippen molar-refractivity contribution in [1.29, 1.82) is 0 Å². The summed E-state index contributed by atoms with van der Waals surface area (Å²) in [5.41, 5.74) is 0.155. The second-order valence-corrected chi connectivity index (χ2v) is 4.84. The number of imidazole rings is 1. The minimum Gasteiger partial charge on any atom is -0.380 e. The summed E-state index contributed by atoms with van der Waals surface area (Å²) < 4.78 is 2.27. The van der Waals surface area contributed by atoms with Crippen LogP contribution in [0.4, 0.5) is 0 Å². The van der Waals surface area contributed by atoms with Crippen LogP contribution in [0.25, 0.3) is 11.2 Å². The van der Waals surface area contributed by atoms with Gasteiger partial charge >= 0.3 is 5.69 Å². The number of hydrogen-bond donors (Lipinski definition) is 2. The SMILES string of the molecule is Cn1c(=O)c2[nH]c([C@H](O)c3ccccc3)nc2n(C)c1=O. The predicted octanol–water partition coefficient (Wildman–Crippen LogP) is 0.0420. The van der Waals surface area contributed by atoms with E-state index in [4.69, 9.17) is 0 Å². The van der Waals surface area contributed by atoms with Gasteiger partial charge in [0.2, 0.25) is 0 Å². The molecule has 2 N–H and O–H groups in total. The molecule has 0 radical (unpaired) electrons. The summed E-state index contributed by atoms with van der Waals surface area (Å²) in [7, 11) is 2.93. The molecular formula is C14H14N4O3. The molecule has 0 unspecified atom stereocenters. The quantitative estimate of drug-likeness (QED) is 0.695. The molecule has 0 aliphatic carbocycles. The third-order valence-electron chi connectivity index (χ3n) is 3.49. The number of rotatable bonds is 2. The lowest BCUT2D eigenvalue weighted by molar-refractivity contribution is 0.211. The van der Waals surface area contributed by atoms with Crippen LogP contribution in [-0.4, -0.2) is 24.2 Å². The van der Waals surface area contributed by atoms with Gasteiger partial charge in [0, 0.05) is 14.1 Å². The molecule has 7 nitrogen and oxygen atoms in total. The molecule has 0 saturated heterocycles. The number of hydrogen-bond acceptors (Lipinski definition) is 4. The van der Waals surface area contributed by atoms with E-state index in [1.165, 1.54) is 18.7 Å². The smallest absolute Gasteiger partial charge is 0.332 e. The molecule has 21 heavy (non-hydrogen) atoms. The summed E-state index contributed by atoms with van der Waals surface area (Å²) in [6, 6.07) is 8.96. The Labute approximate surface area is 119 Å². The van der Waals surface area contributed by atoms with Crippen LogP contribution in [0.1, 0.15) is 17.5 Å². The Kier molecular flexibility index (Phi) is 2.99. The van der Waals surface area contributed by atoms with Crippen molar-refractivity contribution < 1.29 is 5.11 Å². The van der Waals surface area contributed by atoms with Crippen LogP contribution in [0.3, 0.4) is 0 Å². The molecule has 2 aromatic heterocycles. The maximum atomic E-state index is 12.1. The highest BCUT2D eigenvalue weighted by Crippen LogP contribution is 2.20. The van der Waals surface area contributed by atoms with Gasteiger partial charge in [-0.25, -0.2) is 9.78 Å². The van der Waals surface area contributed by atoms with Crippen LogP contribution in [0.2, 0.25) is 0 Å². The average Bonchev–Trinajstić information content (AvgIpc) is 2.96. The molecule has 0 spiro atoms. The fourth-order valence-electron chi connectivity index (χ4n) is 2.27. The number of aromatic amines is 1. The van der Waals surface area contributed by atoms with Crippen LogP contribution in [0, 0.1) is 0 Å². The first-order chi connectivity index (χ1) is 10.0. The fourth-order valence-corrected chi connectivity index (χ4v) is 2.27. The van der Waals surface area contributed by atoms with Crippen molar-refractivity contribution in [2.75, 3.05) is 0 Å². The zero-order valence-corrected chi connectivity index (χ0v) is 11.6. The van der Waals surface area contributed by atoms with Crippen molar-refractivity contribution in [3.05, 3.63) is 62.6 Å². The van der Waals surface area contributed by atoms with Gasteiger partial charge in [0.25, 0.3) is 5.56 Å². The van der Waals surface area contributed by atoms with Crippen molar-refractivity contribution >= 4 is 11.2 Å². The van der Waals surface area contributed by atoms with E-state index in [9.17, 15) is 14.7 Å². The van der Waals surface area contributed by atoms with E-state index in [2.05, 4.69) is 9.97 Å². The number of benzene rings is 1. The summed E-state index contributed by atoms with van der Waals surface area (Å²) in [6.45, 7) is 0. The Morgan fingerprint density at radius 1 is 1.14 bits per heavy atom. The summed E-state index contributed by atoms with van der Waals surface area (Å²) in [5.74, 6) is 0.231. The van der Waals surface area contributed by atoms with Crippen LogP contribution >= 0.6 is 0 Å². The second kappa shape index (κ2) is 4.71. The zero-order chi connectivity index (χ0) is 15.1. The summed E-state index contributed by atoms with van der Waals surface area (Å²) >= 11 is 0. The molecular weight excluding hydrogens is 272 g/mol. The van der Waals surface area contributed by atoms with E-state index in [1.807, 2.05) is 6.07 Å². The highest BCUT2D eigenvalue weighted by atomic mass is 16.3. The number of H-pyrrole nitrogens is 1. The summed E-state index contributed by atoms with van der Waals surface area (Å²) in [4.78, 5) is 30.9. The van der Waals surface area contributed by atoms with Crippen molar-refractivity contribution in [2.24, 2.45) is 14.1 Å². The van der Waals surface area contributed by atoms with Gasteiger partial charge < -0.3 is 10.1 Å². The van der Waals surface area contributed by atoms with E-state index >= 15 is 0 Å². The standard InChI is InChI=1S/C14H14N4O3/c1-17-12-9(13(20)18(2)14(17)21)15-11(16-12)10(19)8-6-4-3-5-7-8/h3-7,10,19H,1-2H3,(H,15,16)/t10-/m1/s1. The molecule has 0 saturated carbocycles. The molecule has 0 bridgehead atoms. The number of nitrogens with one attached hydrogen (secondary N) is 1. The van der Waals surface area contributed by atoms with Gasteiger partial charge in [-0.15, -0.1) is 0 Å². The van der Waals surface area contributed by atoms with Crippen LogP contribution in [0.5, 0.6) is 0 Å². The van der Waals surface area contributed by atoms with E-state index in [0.717, 1.165) is 4.57 Å². The number of nitrogens with zero attached hydrogens (tertiary/aromatic N) is 3. The molecule has 3 aromatic rings. The number of fused-ring (bicyclic) bond motifs is 1. The molecule has 3 rings (SSSR count). The van der Waals surface area contributed by atoms with E-state index in [0.29, 0.717) is 5.56 Å². The van der Waals surface area contributed by atoms with Gasteiger partial charge in [0.15, 0.2) is 5.65 Å². The van der Waals surface area contributed by atoms with Gasteiger partial charge in [-0.05, 0) is 5.56 Å². The normalized spacial score (nSPS) is 12.7. The van der Waals surface area contributed by atoms with Gasteiger partial charge in [0.05, 0.1) is 0 Å². The van der Waals surface area contributed by atoms with Crippen LogP contribution < -0.4 is 11.2 Å². The number of aliphatic hydroxyl groups is 1. The van der Waals surface area contributed by atoms with Gasteiger partial charge in [-0.2, -0.15) is 0 Å². The summed E-state index contributed by atoms with van der Waals surface area (Å²) in [6.07, 6.45) is -0.988. The number of aromatic nitrogens is 4. The third-order valence-corrected chi connectivity index (χ3v) is 3.49. The van der Waals surface area contributed by atoms with Crippen molar-refractivity contribution in [3.63, 3.8) is 0 Å². The molecule has 1 atom stereocenters. The van der Waals surface area contributed by atoms with E-state index < -0.39 is 17.4 Å². The minimum absolute atomic E-state index is 0.199. The molecule has 108 valence electrons. The van der Waals surface area contributed by atoms with Crippen molar-refractivity contribution in [3.8, 4) is 0 Å².